The van der Waals surface area contributed by atoms with Crippen LogP contribution in [0.3, 0.4) is 0 Å². The quantitative estimate of drug-likeness (QED) is 0.762. The van der Waals surface area contributed by atoms with E-state index in [0.29, 0.717) is 10.6 Å². The third-order valence-electron chi connectivity index (χ3n) is 2.96. The van der Waals surface area contributed by atoms with E-state index in [-0.39, 0.29) is 23.2 Å². The summed E-state index contributed by atoms with van der Waals surface area (Å²) in [6.45, 7) is 0. The molecule has 1 aromatic heterocycles. The maximum absolute atomic E-state index is 12.5. The number of methoxy groups -OCH3 is 2. The fourth-order valence-electron chi connectivity index (χ4n) is 1.79. The molecule has 5 nitrogen and oxygen atoms in total. The largest absolute Gasteiger partial charge is 0.477 e. The Balaban J connectivity index is 2.18. The van der Waals surface area contributed by atoms with Gasteiger partial charge in [-0.05, 0) is 24.3 Å². The molecule has 0 aliphatic heterocycles. The van der Waals surface area contributed by atoms with Gasteiger partial charge in [-0.25, -0.2) is 4.98 Å². The first-order valence-corrected chi connectivity index (χ1v) is 7.56. The fourth-order valence-corrected chi connectivity index (χ4v) is 2.62. The van der Waals surface area contributed by atoms with Crippen LogP contribution in [0.4, 0.5) is 13.2 Å². The fraction of sp³-hybridized carbons (Fsp3) is 0.267. The van der Waals surface area contributed by atoms with E-state index >= 15 is 0 Å². The van der Waals surface area contributed by atoms with Gasteiger partial charge in [-0.15, -0.1) is 11.8 Å². The molecule has 126 valence electrons. The van der Waals surface area contributed by atoms with Crippen molar-refractivity contribution in [2.75, 3.05) is 14.2 Å². The van der Waals surface area contributed by atoms with Crippen LogP contribution in [0.1, 0.15) is 17.0 Å². The molecule has 0 aliphatic carbocycles. The SMILES string of the molecule is COc1nc(C#N)c(CSc2ccc(C(F)(F)F)cc2)nc1OC. The number of hydrogen-bond donors (Lipinski definition) is 0. The first kappa shape index (κ1) is 17.9. The van der Waals surface area contributed by atoms with Gasteiger partial charge in [0, 0.05) is 10.6 Å². The van der Waals surface area contributed by atoms with Crippen molar-refractivity contribution in [3.63, 3.8) is 0 Å². The average Bonchev–Trinajstić information content (AvgIpc) is 2.58. The highest BCUT2D eigenvalue weighted by atomic mass is 32.2. The molecule has 0 atom stereocenters. The second-order valence-corrected chi connectivity index (χ2v) is 5.51. The first-order chi connectivity index (χ1) is 11.4. The van der Waals surface area contributed by atoms with E-state index < -0.39 is 11.7 Å². The first-order valence-electron chi connectivity index (χ1n) is 6.58. The molecule has 0 bridgehead atoms. The van der Waals surface area contributed by atoms with E-state index in [0.717, 1.165) is 12.1 Å². The maximum Gasteiger partial charge on any atom is 0.416 e. The summed E-state index contributed by atoms with van der Waals surface area (Å²) in [5.74, 6) is 0.485. The van der Waals surface area contributed by atoms with Gasteiger partial charge >= 0.3 is 6.18 Å². The Hall–Kier alpha value is -2.47. The highest BCUT2D eigenvalue weighted by Crippen LogP contribution is 2.32. The van der Waals surface area contributed by atoms with Crippen molar-refractivity contribution in [3.8, 4) is 17.8 Å². The van der Waals surface area contributed by atoms with Crippen molar-refractivity contribution in [1.29, 1.82) is 5.26 Å². The summed E-state index contributed by atoms with van der Waals surface area (Å²) in [5.41, 5.74) is -0.275. The van der Waals surface area contributed by atoms with Gasteiger partial charge in [-0.3, -0.25) is 0 Å². The highest BCUT2D eigenvalue weighted by molar-refractivity contribution is 7.98. The number of nitriles is 1. The van der Waals surface area contributed by atoms with Crippen molar-refractivity contribution in [3.05, 3.63) is 41.2 Å². The minimum Gasteiger partial charge on any atom is -0.477 e. The van der Waals surface area contributed by atoms with E-state index in [1.807, 2.05) is 6.07 Å². The predicted octanol–water partition coefficient (Wildman–Crippen LogP) is 3.68. The zero-order valence-electron chi connectivity index (χ0n) is 12.7. The van der Waals surface area contributed by atoms with Crippen LogP contribution in [-0.2, 0) is 11.9 Å². The number of hydrogen-bond acceptors (Lipinski definition) is 6. The Kier molecular flexibility index (Phi) is 5.51. The number of aromatic nitrogens is 2. The number of halogens is 3. The van der Waals surface area contributed by atoms with Crippen LogP contribution in [0.25, 0.3) is 0 Å². The molecule has 2 aromatic rings. The number of benzene rings is 1. The Morgan fingerprint density at radius 2 is 1.67 bits per heavy atom. The summed E-state index contributed by atoms with van der Waals surface area (Å²) in [6.07, 6.45) is -4.37. The van der Waals surface area contributed by atoms with Crippen LogP contribution in [0.5, 0.6) is 11.8 Å². The van der Waals surface area contributed by atoms with E-state index in [1.165, 1.54) is 38.1 Å². The molecule has 0 fully saturated rings. The van der Waals surface area contributed by atoms with E-state index in [4.69, 9.17) is 14.7 Å². The molecule has 0 radical (unpaired) electrons. The van der Waals surface area contributed by atoms with Gasteiger partial charge in [-0.2, -0.15) is 23.4 Å². The molecule has 0 amide bonds. The Labute approximate surface area is 140 Å². The standard InChI is InChI=1S/C15H12F3N3O2S/c1-22-13-14(23-2)21-12(11(7-19)20-13)8-24-10-5-3-9(4-6-10)15(16,17)18/h3-6H,8H2,1-2H3. The molecule has 1 aromatic carbocycles. The average molecular weight is 355 g/mol. The predicted molar refractivity (Wildman–Crippen MR) is 80.9 cm³/mol. The van der Waals surface area contributed by atoms with E-state index in [1.54, 1.807) is 0 Å². The van der Waals surface area contributed by atoms with Gasteiger partial charge < -0.3 is 9.47 Å². The molecule has 0 saturated heterocycles. The zero-order valence-corrected chi connectivity index (χ0v) is 13.5. The summed E-state index contributed by atoms with van der Waals surface area (Å²) in [5, 5.41) is 9.14. The minimum atomic E-state index is -4.37. The summed E-state index contributed by atoms with van der Waals surface area (Å²) < 4.78 is 47.6. The number of nitrogens with zero attached hydrogens (tertiary/aromatic N) is 3. The van der Waals surface area contributed by atoms with Gasteiger partial charge in [-0.1, -0.05) is 0 Å². The summed E-state index contributed by atoms with van der Waals surface area (Å²) in [4.78, 5) is 8.79. The zero-order chi connectivity index (χ0) is 17.7. The van der Waals surface area contributed by atoms with Crippen LogP contribution in [0.15, 0.2) is 29.2 Å². The molecule has 0 spiro atoms. The number of ether oxygens (including phenoxy) is 2. The third-order valence-corrected chi connectivity index (χ3v) is 3.98. The van der Waals surface area contributed by atoms with Gasteiger partial charge in [0.15, 0.2) is 5.69 Å². The van der Waals surface area contributed by atoms with Crippen molar-refractivity contribution in [1.82, 2.24) is 9.97 Å². The molecule has 0 saturated carbocycles. The molecule has 9 heteroatoms. The van der Waals surface area contributed by atoms with Gasteiger partial charge in [0.2, 0.25) is 0 Å². The molecule has 0 N–H and O–H groups in total. The molecular weight excluding hydrogens is 343 g/mol. The molecule has 0 unspecified atom stereocenters. The topological polar surface area (TPSA) is 68.0 Å². The van der Waals surface area contributed by atoms with Crippen LogP contribution in [-0.4, -0.2) is 24.2 Å². The molecule has 24 heavy (non-hydrogen) atoms. The van der Waals surface area contributed by atoms with Crippen molar-refractivity contribution in [2.24, 2.45) is 0 Å². The van der Waals surface area contributed by atoms with Gasteiger partial charge in [0.05, 0.1) is 25.5 Å². The van der Waals surface area contributed by atoms with Crippen molar-refractivity contribution < 1.29 is 22.6 Å². The number of alkyl halides is 3. The Bertz CT molecular complexity index is 758. The monoisotopic (exact) mass is 355 g/mol. The Morgan fingerprint density at radius 1 is 1.08 bits per heavy atom. The minimum absolute atomic E-state index is 0.0760. The number of thioether (sulfide) groups is 1. The number of rotatable bonds is 5. The van der Waals surface area contributed by atoms with E-state index in [9.17, 15) is 13.2 Å². The van der Waals surface area contributed by atoms with Crippen LogP contribution < -0.4 is 9.47 Å². The molecule has 1 heterocycles. The summed E-state index contributed by atoms with van der Waals surface area (Å²) in [6, 6.07) is 6.67. The van der Waals surface area contributed by atoms with Gasteiger partial charge in [0.25, 0.3) is 11.8 Å². The highest BCUT2D eigenvalue weighted by Gasteiger charge is 2.29. The Morgan fingerprint density at radius 3 is 2.17 bits per heavy atom. The van der Waals surface area contributed by atoms with Crippen molar-refractivity contribution in [2.45, 2.75) is 16.8 Å². The lowest BCUT2D eigenvalue weighted by Crippen LogP contribution is -2.04. The molecule has 0 aliphatic rings. The lowest BCUT2D eigenvalue weighted by Gasteiger charge is -2.10. The lowest BCUT2D eigenvalue weighted by atomic mass is 10.2. The summed E-state index contributed by atoms with van der Waals surface area (Å²) >= 11 is 1.24. The van der Waals surface area contributed by atoms with Crippen LogP contribution in [0, 0.1) is 11.3 Å². The smallest absolute Gasteiger partial charge is 0.416 e. The second kappa shape index (κ2) is 7.40. The maximum atomic E-state index is 12.5. The summed E-state index contributed by atoms with van der Waals surface area (Å²) in [7, 11) is 2.77. The lowest BCUT2D eigenvalue weighted by molar-refractivity contribution is -0.137. The van der Waals surface area contributed by atoms with Crippen LogP contribution >= 0.6 is 11.8 Å². The van der Waals surface area contributed by atoms with Crippen LogP contribution in [0.2, 0.25) is 0 Å². The third kappa shape index (κ3) is 4.08. The van der Waals surface area contributed by atoms with Crippen molar-refractivity contribution >= 4 is 11.8 Å². The van der Waals surface area contributed by atoms with E-state index in [2.05, 4.69) is 9.97 Å². The molecule has 2 rings (SSSR count). The second-order valence-electron chi connectivity index (χ2n) is 4.46. The van der Waals surface area contributed by atoms with Gasteiger partial charge in [0.1, 0.15) is 6.07 Å². The normalized spacial score (nSPS) is 11.0. The molecular formula is C15H12F3N3O2S.